The number of fused-ring (bicyclic) bond motifs is 4. The molecule has 4 aliphatic carbocycles. The van der Waals surface area contributed by atoms with Crippen molar-refractivity contribution in [1.82, 2.24) is 0 Å². The van der Waals surface area contributed by atoms with Crippen molar-refractivity contribution < 1.29 is 14.3 Å². The molecular formula is C29H46O3. The van der Waals surface area contributed by atoms with E-state index in [1.165, 1.54) is 51.0 Å². The molecule has 4 aliphatic rings. The number of ketones is 1. The monoisotopic (exact) mass is 442 g/mol. The summed E-state index contributed by atoms with van der Waals surface area (Å²) in [6.45, 7) is 13.6. The zero-order valence-electron chi connectivity index (χ0n) is 21.5. The fraction of sp³-hybridized carbons (Fsp3) is 0.862. The van der Waals surface area contributed by atoms with Crippen LogP contribution in [0.25, 0.3) is 0 Å². The summed E-state index contributed by atoms with van der Waals surface area (Å²) in [5.74, 6) is 3.29. The number of esters is 1. The summed E-state index contributed by atoms with van der Waals surface area (Å²) in [5.41, 5.74) is 3.24. The van der Waals surface area contributed by atoms with E-state index in [0.29, 0.717) is 24.0 Å². The van der Waals surface area contributed by atoms with Gasteiger partial charge in [-0.3, -0.25) is 9.59 Å². The van der Waals surface area contributed by atoms with Crippen molar-refractivity contribution >= 4 is 11.8 Å². The molecule has 0 aromatic heterocycles. The van der Waals surface area contributed by atoms with Crippen molar-refractivity contribution in [2.24, 2.45) is 40.4 Å². The Labute approximate surface area is 196 Å². The first kappa shape index (κ1) is 24.0. The van der Waals surface area contributed by atoms with Gasteiger partial charge < -0.3 is 4.74 Å². The van der Waals surface area contributed by atoms with Crippen LogP contribution in [-0.4, -0.2) is 17.9 Å². The quantitative estimate of drug-likeness (QED) is 0.406. The lowest BCUT2D eigenvalue weighted by Gasteiger charge is -2.56. The van der Waals surface area contributed by atoms with E-state index in [1.807, 2.05) is 0 Å². The van der Waals surface area contributed by atoms with Crippen LogP contribution in [0.15, 0.2) is 11.1 Å². The molecule has 0 spiro atoms. The number of hydrogen-bond acceptors (Lipinski definition) is 3. The molecule has 3 nitrogen and oxygen atoms in total. The van der Waals surface area contributed by atoms with Crippen LogP contribution in [0.3, 0.4) is 0 Å². The summed E-state index contributed by atoms with van der Waals surface area (Å²) >= 11 is 0. The third kappa shape index (κ3) is 4.11. The first-order valence-electron chi connectivity index (χ1n) is 13.5. The van der Waals surface area contributed by atoms with E-state index < -0.39 is 0 Å². The fourth-order valence-corrected chi connectivity index (χ4v) is 8.52. The minimum atomic E-state index is -0.184. The van der Waals surface area contributed by atoms with Gasteiger partial charge in [-0.25, -0.2) is 0 Å². The van der Waals surface area contributed by atoms with E-state index in [9.17, 15) is 9.59 Å². The summed E-state index contributed by atoms with van der Waals surface area (Å²) in [6.07, 6.45) is 12.4. The summed E-state index contributed by atoms with van der Waals surface area (Å²) in [6, 6.07) is 0. The molecule has 7 atom stereocenters. The highest BCUT2D eigenvalue weighted by Crippen LogP contribution is 2.65. The molecule has 0 amide bonds. The molecule has 0 saturated heterocycles. The van der Waals surface area contributed by atoms with Crippen LogP contribution in [0, 0.1) is 40.4 Å². The Morgan fingerprint density at radius 2 is 1.84 bits per heavy atom. The van der Waals surface area contributed by atoms with Crippen molar-refractivity contribution in [3.63, 3.8) is 0 Å². The zero-order valence-corrected chi connectivity index (χ0v) is 21.5. The van der Waals surface area contributed by atoms with Crippen molar-refractivity contribution in [3.8, 4) is 0 Å². The largest absolute Gasteiger partial charge is 0.463 e. The second-order valence-electron chi connectivity index (χ2n) is 12.7. The predicted molar refractivity (Wildman–Crippen MR) is 129 cm³/mol. The highest BCUT2D eigenvalue weighted by atomic mass is 16.5. The average molecular weight is 443 g/mol. The molecule has 3 saturated carbocycles. The Morgan fingerprint density at radius 1 is 1.09 bits per heavy atom. The number of carbonyl (C=O) groups excluding carboxylic acids is 2. The van der Waals surface area contributed by atoms with Gasteiger partial charge in [0.2, 0.25) is 0 Å². The molecule has 0 aromatic rings. The van der Waals surface area contributed by atoms with E-state index in [-0.39, 0.29) is 22.9 Å². The molecule has 0 aromatic carbocycles. The van der Waals surface area contributed by atoms with Crippen LogP contribution in [0.4, 0.5) is 0 Å². The van der Waals surface area contributed by atoms with Crippen LogP contribution >= 0.6 is 0 Å². The van der Waals surface area contributed by atoms with Crippen molar-refractivity contribution in [2.45, 2.75) is 118 Å². The maximum atomic E-state index is 13.6. The summed E-state index contributed by atoms with van der Waals surface area (Å²) in [7, 11) is 0. The molecule has 3 heteroatoms. The number of carbonyl (C=O) groups is 2. The van der Waals surface area contributed by atoms with Gasteiger partial charge in [0.25, 0.3) is 0 Å². The van der Waals surface area contributed by atoms with Gasteiger partial charge in [-0.05, 0) is 90.9 Å². The second kappa shape index (κ2) is 8.91. The SMILES string of the molecule is CC(=O)O[C@H]1CC[C@@]2(C)[C@@H](CC(=O)C3=C4CC[C@H]([C@H](C)CCCC(C)C)[C@@]4(C)CC[C@@H]32)C1. The first-order chi connectivity index (χ1) is 15.1. The Morgan fingerprint density at radius 3 is 2.53 bits per heavy atom. The molecule has 3 fully saturated rings. The Kier molecular flexibility index (Phi) is 6.69. The zero-order chi connectivity index (χ0) is 23.3. The highest BCUT2D eigenvalue weighted by molar-refractivity contribution is 5.98. The maximum absolute atomic E-state index is 13.6. The third-order valence-corrected chi connectivity index (χ3v) is 10.3. The van der Waals surface area contributed by atoms with E-state index in [4.69, 9.17) is 4.74 Å². The molecule has 0 radical (unpaired) electrons. The van der Waals surface area contributed by atoms with Gasteiger partial charge in [0.15, 0.2) is 5.78 Å². The van der Waals surface area contributed by atoms with Crippen molar-refractivity contribution in [2.75, 3.05) is 0 Å². The average Bonchev–Trinajstić information content (AvgIpc) is 3.05. The predicted octanol–water partition coefficient (Wildman–Crippen LogP) is 7.28. The number of allylic oxidation sites excluding steroid dienone is 2. The summed E-state index contributed by atoms with van der Waals surface area (Å²) in [5, 5.41) is 0. The number of Topliss-reactive ketones (excluding diaryl/α,β-unsaturated/α-hetero) is 1. The van der Waals surface area contributed by atoms with Gasteiger partial charge in [0, 0.05) is 13.3 Å². The lowest BCUT2D eigenvalue weighted by atomic mass is 9.48. The lowest BCUT2D eigenvalue weighted by molar-refractivity contribution is -0.153. The Hall–Kier alpha value is -1.12. The molecule has 0 bridgehead atoms. The van der Waals surface area contributed by atoms with Gasteiger partial charge in [-0.2, -0.15) is 0 Å². The van der Waals surface area contributed by atoms with Gasteiger partial charge >= 0.3 is 5.97 Å². The molecule has 0 aliphatic heterocycles. The molecule has 0 heterocycles. The van der Waals surface area contributed by atoms with Gasteiger partial charge in [0.05, 0.1) is 0 Å². The van der Waals surface area contributed by atoms with Crippen LogP contribution < -0.4 is 0 Å². The van der Waals surface area contributed by atoms with Crippen molar-refractivity contribution in [3.05, 3.63) is 11.1 Å². The van der Waals surface area contributed by atoms with Crippen LogP contribution in [0.2, 0.25) is 0 Å². The van der Waals surface area contributed by atoms with Crippen LogP contribution in [0.1, 0.15) is 112 Å². The minimum absolute atomic E-state index is 0.00369. The molecule has 0 N–H and O–H groups in total. The number of hydrogen-bond donors (Lipinski definition) is 0. The summed E-state index contributed by atoms with van der Waals surface area (Å²) in [4.78, 5) is 25.1. The standard InChI is InChI=1S/C29H46O3/c1-18(2)8-7-9-19(3)23-10-11-24-27-25(13-15-29(23,24)6)28(5)14-12-22(32-20(4)30)16-21(28)17-26(27)31/h18-19,21-23,25H,7-17H2,1-6H3/t19-,21-,22+,23-,25+,28+,29-/m1/s1. The third-order valence-electron chi connectivity index (χ3n) is 10.3. The molecule has 4 rings (SSSR count). The first-order valence-corrected chi connectivity index (χ1v) is 13.5. The topological polar surface area (TPSA) is 43.4 Å². The van der Waals surface area contributed by atoms with Crippen LogP contribution in [0.5, 0.6) is 0 Å². The Balaban J connectivity index is 1.55. The van der Waals surface area contributed by atoms with Crippen LogP contribution in [-0.2, 0) is 14.3 Å². The van der Waals surface area contributed by atoms with E-state index in [0.717, 1.165) is 43.4 Å². The molecule has 0 unspecified atom stereocenters. The summed E-state index contributed by atoms with van der Waals surface area (Å²) < 4.78 is 5.57. The second-order valence-corrected chi connectivity index (χ2v) is 12.7. The molecular weight excluding hydrogens is 396 g/mol. The van der Waals surface area contributed by atoms with Gasteiger partial charge in [-0.1, -0.05) is 59.5 Å². The maximum Gasteiger partial charge on any atom is 0.302 e. The Bertz CT molecular complexity index is 779. The fourth-order valence-electron chi connectivity index (χ4n) is 8.52. The van der Waals surface area contributed by atoms with Gasteiger partial charge in [0.1, 0.15) is 6.10 Å². The van der Waals surface area contributed by atoms with Crippen molar-refractivity contribution in [1.29, 1.82) is 0 Å². The van der Waals surface area contributed by atoms with E-state index in [2.05, 4.69) is 34.6 Å². The molecule has 180 valence electrons. The van der Waals surface area contributed by atoms with E-state index in [1.54, 1.807) is 5.57 Å². The lowest BCUT2D eigenvalue weighted by Crippen LogP contribution is -2.51. The number of ether oxygens (including phenoxy) is 1. The molecule has 32 heavy (non-hydrogen) atoms. The van der Waals surface area contributed by atoms with Gasteiger partial charge in [-0.15, -0.1) is 0 Å². The van der Waals surface area contributed by atoms with E-state index >= 15 is 0 Å². The minimum Gasteiger partial charge on any atom is -0.463 e. The highest BCUT2D eigenvalue weighted by Gasteiger charge is 2.58. The number of rotatable bonds is 6. The normalized spacial score (nSPS) is 40.0. The smallest absolute Gasteiger partial charge is 0.302 e.